The second-order valence-electron chi connectivity index (χ2n) is 9.60. The summed E-state index contributed by atoms with van der Waals surface area (Å²) in [6, 6.07) is 8.83. The van der Waals surface area contributed by atoms with Crippen LogP contribution in [-0.2, 0) is 31.4 Å². The van der Waals surface area contributed by atoms with Crippen molar-refractivity contribution >= 4 is 25.3 Å². The summed E-state index contributed by atoms with van der Waals surface area (Å²) in [6.45, 7) is 7.29. The number of pyridine rings is 1. The Morgan fingerprint density at radius 3 is 2.24 bits per heavy atom. The Balaban J connectivity index is 2.13. The summed E-state index contributed by atoms with van der Waals surface area (Å²) in [5, 5.41) is 2.72. The van der Waals surface area contributed by atoms with E-state index in [1.807, 2.05) is 0 Å². The van der Waals surface area contributed by atoms with Crippen molar-refractivity contribution in [1.82, 2.24) is 10.3 Å². The summed E-state index contributed by atoms with van der Waals surface area (Å²) in [5.74, 6) is 0.499. The Bertz CT molecular complexity index is 1190. The average Bonchev–Trinajstić information content (AvgIpc) is 2.86. The van der Waals surface area contributed by atoms with Crippen molar-refractivity contribution in [3.05, 3.63) is 64.7 Å². The molecule has 0 aliphatic heterocycles. The number of rotatable bonds is 14. The van der Waals surface area contributed by atoms with Crippen LogP contribution in [0.25, 0.3) is 0 Å². The molecule has 0 unspecified atom stereocenters. The van der Waals surface area contributed by atoms with Crippen molar-refractivity contribution in [3.63, 3.8) is 0 Å². The minimum atomic E-state index is -4.45. The summed E-state index contributed by atoms with van der Waals surface area (Å²) >= 11 is 6.37. The molecule has 0 spiro atoms. The highest BCUT2D eigenvalue weighted by Crippen LogP contribution is 2.57. The number of halogens is 4. The number of nitrogens with zero attached hydrogens (tertiary/aromatic N) is 1. The van der Waals surface area contributed by atoms with Gasteiger partial charge in [-0.3, -0.25) is 9.55 Å². The molecular weight excluding hydrogens is 588 g/mol. The summed E-state index contributed by atoms with van der Waals surface area (Å²) in [6.07, 6.45) is -2.16. The normalized spacial score (nSPS) is 13.4. The number of aromatic nitrogens is 1. The molecule has 0 aliphatic carbocycles. The van der Waals surface area contributed by atoms with Crippen LogP contribution in [-0.4, -0.2) is 48.7 Å². The van der Waals surface area contributed by atoms with Crippen molar-refractivity contribution in [1.29, 1.82) is 0 Å². The van der Waals surface area contributed by atoms with Crippen molar-refractivity contribution < 1.29 is 45.8 Å². The molecule has 9 nitrogen and oxygen atoms in total. The molecule has 2 rings (SSSR count). The van der Waals surface area contributed by atoms with Crippen LogP contribution >= 0.6 is 19.2 Å². The van der Waals surface area contributed by atoms with E-state index in [0.29, 0.717) is 11.4 Å². The van der Waals surface area contributed by atoms with Crippen molar-refractivity contribution in [3.8, 4) is 11.5 Å². The number of nitrogens with one attached hydrogen (secondary N) is 1. The van der Waals surface area contributed by atoms with Crippen LogP contribution in [0.2, 0.25) is 0 Å². The lowest BCUT2D eigenvalue weighted by Gasteiger charge is -2.23. The number of alkyl halides is 3. The molecule has 0 saturated heterocycles. The van der Waals surface area contributed by atoms with E-state index >= 15 is 0 Å². The van der Waals surface area contributed by atoms with Crippen LogP contribution in [0.15, 0.2) is 53.4 Å². The molecule has 0 radical (unpaired) electrons. The molecule has 41 heavy (non-hydrogen) atoms. The third-order valence-corrected chi connectivity index (χ3v) is 7.47. The third kappa shape index (κ3) is 13.2. The maximum Gasteiger partial charge on any atom is 0.422 e. The van der Waals surface area contributed by atoms with Gasteiger partial charge < -0.3 is 28.6 Å². The van der Waals surface area contributed by atoms with E-state index in [9.17, 15) is 22.5 Å². The molecule has 0 saturated carbocycles. The molecule has 0 aliphatic rings. The van der Waals surface area contributed by atoms with Crippen LogP contribution in [0, 0.1) is 0 Å². The van der Waals surface area contributed by atoms with Gasteiger partial charge in [0.1, 0.15) is 28.5 Å². The smallest absolute Gasteiger partial charge is 0.422 e. The van der Waals surface area contributed by atoms with E-state index in [-0.39, 0.29) is 36.8 Å². The third-order valence-electron chi connectivity index (χ3n) is 4.86. The van der Waals surface area contributed by atoms with Gasteiger partial charge in [0.2, 0.25) is 0 Å². The molecule has 1 heterocycles. The fraction of sp³-hybridized carbons (Fsp3) is 0.481. The average molecular weight is 623 g/mol. The standard InChI is InChI=1S/C27H35ClF3N2O7P/c1-6-38-41(35,39-7-2)24(28)16-20(33-25(34)40-26(3,4)5)14-19-8-10-22(11-9-19)36-17-21-15-23(12-13-32-21)37-18-27(29,30)31/h8-13,15-16,20H,6-7,14,17-18H2,1-5H3,(H,33,34)/b24-16-/t20-/m1/s1. The summed E-state index contributed by atoms with van der Waals surface area (Å²) < 4.78 is 76.5. The minimum absolute atomic E-state index is 0.00607. The number of amides is 1. The van der Waals surface area contributed by atoms with Gasteiger partial charge in [-0.2, -0.15) is 13.2 Å². The molecule has 1 N–H and O–H groups in total. The second kappa shape index (κ2) is 15.4. The quantitative estimate of drug-likeness (QED) is 0.218. The number of carbonyl (C=O) groups excluding carboxylic acids is 1. The molecule has 1 atom stereocenters. The summed E-state index contributed by atoms with van der Waals surface area (Å²) in [5.41, 5.74) is 0.400. The zero-order chi connectivity index (χ0) is 30.7. The van der Waals surface area contributed by atoms with E-state index in [4.69, 9.17) is 34.9 Å². The number of benzene rings is 1. The molecule has 0 fully saturated rings. The van der Waals surface area contributed by atoms with Gasteiger partial charge in [0.15, 0.2) is 6.61 Å². The Morgan fingerprint density at radius 2 is 1.68 bits per heavy atom. The number of alkyl carbamates (subject to hydrolysis) is 1. The van der Waals surface area contributed by atoms with Crippen LogP contribution in [0.1, 0.15) is 45.9 Å². The number of hydrogen-bond donors (Lipinski definition) is 1. The van der Waals surface area contributed by atoms with Gasteiger partial charge in [0.25, 0.3) is 0 Å². The van der Waals surface area contributed by atoms with Crippen LogP contribution in [0.3, 0.4) is 0 Å². The van der Waals surface area contributed by atoms with Crippen molar-refractivity contribution in [2.75, 3.05) is 19.8 Å². The van der Waals surface area contributed by atoms with Gasteiger partial charge in [-0.05, 0) is 70.9 Å². The first kappa shape index (κ1) is 34.4. The monoisotopic (exact) mass is 622 g/mol. The first-order valence-corrected chi connectivity index (χ1v) is 14.7. The van der Waals surface area contributed by atoms with Crippen LogP contribution in [0.4, 0.5) is 18.0 Å². The van der Waals surface area contributed by atoms with E-state index < -0.39 is 38.1 Å². The van der Waals surface area contributed by atoms with Crippen LogP contribution < -0.4 is 14.8 Å². The predicted molar refractivity (Wildman–Crippen MR) is 148 cm³/mol. The first-order chi connectivity index (χ1) is 19.1. The zero-order valence-electron chi connectivity index (χ0n) is 23.5. The maximum atomic E-state index is 13.1. The van der Waals surface area contributed by atoms with Gasteiger partial charge in [0.05, 0.1) is 24.9 Å². The SMILES string of the molecule is CCOP(=O)(OCC)/C(Cl)=C\[C@@H](Cc1ccc(OCc2cc(OCC(F)(F)F)ccn2)cc1)NC(=O)OC(C)(C)C. The zero-order valence-corrected chi connectivity index (χ0v) is 25.1. The van der Waals surface area contributed by atoms with Gasteiger partial charge in [-0.15, -0.1) is 0 Å². The lowest BCUT2D eigenvalue weighted by molar-refractivity contribution is -0.153. The molecule has 0 bridgehead atoms. The van der Waals surface area contributed by atoms with E-state index in [1.165, 1.54) is 24.4 Å². The van der Waals surface area contributed by atoms with Crippen molar-refractivity contribution in [2.45, 2.75) is 65.5 Å². The minimum Gasteiger partial charge on any atom is -0.487 e. The highest BCUT2D eigenvalue weighted by atomic mass is 35.5. The topological polar surface area (TPSA) is 105 Å². The molecule has 228 valence electrons. The largest absolute Gasteiger partial charge is 0.487 e. The number of carbonyl (C=O) groups is 1. The molecule has 14 heteroatoms. The Labute approximate surface area is 242 Å². The van der Waals surface area contributed by atoms with Crippen molar-refractivity contribution in [2.24, 2.45) is 0 Å². The van der Waals surface area contributed by atoms with E-state index in [0.717, 1.165) is 5.56 Å². The maximum absolute atomic E-state index is 13.1. The molecule has 2 aromatic rings. The fourth-order valence-corrected chi connectivity index (χ4v) is 5.10. The molecular formula is C27H35ClF3N2O7P. The van der Waals surface area contributed by atoms with Crippen LogP contribution in [0.5, 0.6) is 11.5 Å². The van der Waals surface area contributed by atoms with Gasteiger partial charge in [-0.25, -0.2) is 4.79 Å². The first-order valence-electron chi connectivity index (χ1n) is 12.7. The highest BCUT2D eigenvalue weighted by Gasteiger charge is 2.30. The Morgan fingerprint density at radius 1 is 1.05 bits per heavy atom. The van der Waals surface area contributed by atoms with E-state index in [1.54, 1.807) is 58.9 Å². The Hall–Kier alpha value is -2.79. The second-order valence-corrected chi connectivity index (χ2v) is 12.3. The summed E-state index contributed by atoms with van der Waals surface area (Å²) in [4.78, 5) is 16.6. The van der Waals surface area contributed by atoms with Gasteiger partial charge in [-0.1, -0.05) is 23.7 Å². The lowest BCUT2D eigenvalue weighted by atomic mass is 10.1. The summed E-state index contributed by atoms with van der Waals surface area (Å²) in [7, 11) is -3.77. The number of hydrogen-bond acceptors (Lipinski definition) is 8. The number of ether oxygens (including phenoxy) is 3. The Kier molecular flexibility index (Phi) is 13.0. The predicted octanol–water partition coefficient (Wildman–Crippen LogP) is 7.38. The fourth-order valence-electron chi connectivity index (χ4n) is 3.29. The molecule has 1 aromatic heterocycles. The highest BCUT2D eigenvalue weighted by molar-refractivity contribution is 7.61. The van der Waals surface area contributed by atoms with Gasteiger partial charge in [0, 0.05) is 12.3 Å². The molecule has 1 aromatic carbocycles. The lowest BCUT2D eigenvalue weighted by Crippen LogP contribution is -2.39. The van der Waals surface area contributed by atoms with E-state index in [2.05, 4.69) is 10.3 Å². The molecule has 1 amide bonds. The van der Waals surface area contributed by atoms with Gasteiger partial charge >= 0.3 is 19.9 Å².